The minimum atomic E-state index is -0.649. The summed E-state index contributed by atoms with van der Waals surface area (Å²) in [5.41, 5.74) is 0.0754. The molecule has 2 aliphatic rings. The number of nitrogens with zero attached hydrogens (tertiary/aromatic N) is 1. The zero-order chi connectivity index (χ0) is 12.6. The first kappa shape index (κ1) is 11.8. The van der Waals surface area contributed by atoms with Gasteiger partial charge in [-0.3, -0.25) is 4.79 Å². The second kappa shape index (κ2) is 4.43. The molecule has 0 unspecified atom stereocenters. The molecule has 2 fully saturated rings. The van der Waals surface area contributed by atoms with E-state index < -0.39 is 5.60 Å². The van der Waals surface area contributed by atoms with Crippen molar-refractivity contribution in [1.82, 2.24) is 9.88 Å². The van der Waals surface area contributed by atoms with Gasteiger partial charge in [-0.1, -0.05) is 0 Å². The molecule has 0 atom stereocenters. The van der Waals surface area contributed by atoms with Crippen LogP contribution in [-0.4, -0.2) is 27.7 Å². The molecular weight excluding hydrogens is 228 g/mol. The van der Waals surface area contributed by atoms with Crippen LogP contribution in [0.15, 0.2) is 18.3 Å². The molecule has 1 amide bonds. The minimum absolute atomic E-state index is 0.0628. The number of aliphatic hydroxyl groups is 1. The van der Waals surface area contributed by atoms with Crippen LogP contribution in [0.5, 0.6) is 0 Å². The number of aromatic nitrogens is 1. The van der Waals surface area contributed by atoms with E-state index in [4.69, 9.17) is 0 Å². The molecule has 3 rings (SSSR count). The number of hydrogen-bond donors (Lipinski definition) is 2. The molecule has 2 saturated carbocycles. The smallest absolute Gasteiger partial charge is 0.268 e. The topological polar surface area (TPSA) is 54.3 Å². The monoisotopic (exact) mass is 248 g/mol. The lowest BCUT2D eigenvalue weighted by Crippen LogP contribution is -2.48. The molecule has 0 spiro atoms. The Hall–Kier alpha value is -1.29. The Morgan fingerprint density at radius 2 is 2.22 bits per heavy atom. The molecule has 0 saturated heterocycles. The molecule has 0 aliphatic heterocycles. The lowest BCUT2D eigenvalue weighted by molar-refractivity contribution is -0.0301. The van der Waals surface area contributed by atoms with Crippen molar-refractivity contribution in [3.63, 3.8) is 0 Å². The molecule has 1 heterocycles. The molecule has 18 heavy (non-hydrogen) atoms. The van der Waals surface area contributed by atoms with Crippen molar-refractivity contribution in [2.24, 2.45) is 0 Å². The fourth-order valence-electron chi connectivity index (χ4n) is 2.67. The molecule has 0 radical (unpaired) electrons. The predicted octanol–water partition coefficient (Wildman–Crippen LogP) is 1.86. The van der Waals surface area contributed by atoms with Crippen molar-refractivity contribution in [1.29, 1.82) is 0 Å². The Labute approximate surface area is 107 Å². The normalized spacial score (nSPS) is 22.1. The summed E-state index contributed by atoms with van der Waals surface area (Å²) in [6, 6.07) is 4.27. The van der Waals surface area contributed by atoms with Crippen molar-refractivity contribution >= 4 is 5.91 Å². The first-order valence-corrected chi connectivity index (χ1v) is 6.85. The van der Waals surface area contributed by atoms with Crippen molar-refractivity contribution in [3.8, 4) is 0 Å². The molecule has 98 valence electrons. The van der Waals surface area contributed by atoms with E-state index in [1.165, 1.54) is 19.3 Å². The average Bonchev–Trinajstić information content (AvgIpc) is 2.70. The molecule has 0 aromatic carbocycles. The summed E-state index contributed by atoms with van der Waals surface area (Å²) in [7, 11) is 0. The van der Waals surface area contributed by atoms with Crippen molar-refractivity contribution < 1.29 is 9.90 Å². The molecule has 2 N–H and O–H groups in total. The van der Waals surface area contributed by atoms with E-state index in [2.05, 4.69) is 9.88 Å². The van der Waals surface area contributed by atoms with E-state index in [9.17, 15) is 9.90 Å². The lowest BCUT2D eigenvalue weighted by atomic mass is 9.80. The third-order valence-electron chi connectivity index (χ3n) is 4.34. The maximum atomic E-state index is 12.1. The van der Waals surface area contributed by atoms with E-state index in [0.29, 0.717) is 12.6 Å². The molecular formula is C14H20N2O2. The van der Waals surface area contributed by atoms with Crippen LogP contribution < -0.4 is 5.32 Å². The van der Waals surface area contributed by atoms with Crippen LogP contribution >= 0.6 is 0 Å². The quantitative estimate of drug-likeness (QED) is 0.854. The van der Waals surface area contributed by atoms with Gasteiger partial charge in [-0.05, 0) is 50.7 Å². The Morgan fingerprint density at radius 3 is 2.78 bits per heavy atom. The van der Waals surface area contributed by atoms with Gasteiger partial charge >= 0.3 is 0 Å². The third kappa shape index (κ3) is 2.05. The molecule has 2 aliphatic carbocycles. The first-order chi connectivity index (χ1) is 8.68. The molecule has 4 heteroatoms. The Kier molecular flexibility index (Phi) is 2.90. The van der Waals surface area contributed by atoms with Crippen LogP contribution in [0.1, 0.15) is 55.1 Å². The van der Waals surface area contributed by atoms with Gasteiger partial charge in [-0.25, -0.2) is 0 Å². The standard InChI is InChI=1S/C14H20N2O2/c17-13(15-10-14(18)7-3-8-14)12-6-2-9-16(12)11-4-1-5-11/h2,6,9,11,18H,1,3-5,7-8,10H2,(H,15,17). The summed E-state index contributed by atoms with van der Waals surface area (Å²) in [4.78, 5) is 12.1. The first-order valence-electron chi connectivity index (χ1n) is 6.85. The Morgan fingerprint density at radius 1 is 1.44 bits per heavy atom. The summed E-state index contributed by atoms with van der Waals surface area (Å²) < 4.78 is 2.07. The van der Waals surface area contributed by atoms with Gasteiger partial charge in [-0.2, -0.15) is 0 Å². The second-order valence-electron chi connectivity index (χ2n) is 5.65. The van der Waals surface area contributed by atoms with Gasteiger partial charge in [0.05, 0.1) is 5.60 Å². The van der Waals surface area contributed by atoms with E-state index in [-0.39, 0.29) is 5.91 Å². The van der Waals surface area contributed by atoms with E-state index in [0.717, 1.165) is 25.0 Å². The number of carbonyl (C=O) groups is 1. The summed E-state index contributed by atoms with van der Waals surface area (Å²) in [5, 5.41) is 12.8. The maximum absolute atomic E-state index is 12.1. The van der Waals surface area contributed by atoms with Gasteiger partial charge in [-0.15, -0.1) is 0 Å². The highest BCUT2D eigenvalue weighted by atomic mass is 16.3. The predicted molar refractivity (Wildman–Crippen MR) is 68.5 cm³/mol. The highest BCUT2D eigenvalue weighted by Crippen LogP contribution is 2.33. The number of hydrogen-bond acceptors (Lipinski definition) is 2. The van der Waals surface area contributed by atoms with Crippen LogP contribution in [0.2, 0.25) is 0 Å². The van der Waals surface area contributed by atoms with E-state index in [1.807, 2.05) is 18.3 Å². The highest BCUT2D eigenvalue weighted by Gasteiger charge is 2.35. The zero-order valence-electron chi connectivity index (χ0n) is 10.6. The largest absolute Gasteiger partial charge is 0.388 e. The van der Waals surface area contributed by atoms with E-state index >= 15 is 0 Å². The molecule has 1 aromatic rings. The number of carbonyl (C=O) groups excluding carboxylic acids is 1. The summed E-state index contributed by atoms with van der Waals surface area (Å²) in [5.74, 6) is -0.0628. The number of nitrogens with one attached hydrogen (secondary N) is 1. The van der Waals surface area contributed by atoms with Gasteiger partial charge in [0, 0.05) is 18.8 Å². The summed E-state index contributed by atoms with van der Waals surface area (Å²) >= 11 is 0. The van der Waals surface area contributed by atoms with Gasteiger partial charge in [0.15, 0.2) is 0 Å². The molecule has 1 aromatic heterocycles. The van der Waals surface area contributed by atoms with Crippen molar-refractivity contribution in [2.75, 3.05) is 6.54 Å². The molecule has 0 bridgehead atoms. The van der Waals surface area contributed by atoms with Gasteiger partial charge in [0.25, 0.3) is 5.91 Å². The maximum Gasteiger partial charge on any atom is 0.268 e. The number of amides is 1. The van der Waals surface area contributed by atoms with E-state index in [1.54, 1.807) is 0 Å². The summed E-state index contributed by atoms with van der Waals surface area (Å²) in [6.45, 7) is 0.377. The van der Waals surface area contributed by atoms with Crippen LogP contribution in [0.4, 0.5) is 0 Å². The van der Waals surface area contributed by atoms with Crippen LogP contribution in [0.25, 0.3) is 0 Å². The fraction of sp³-hybridized carbons (Fsp3) is 0.643. The van der Waals surface area contributed by atoms with Gasteiger partial charge < -0.3 is 15.0 Å². The lowest BCUT2D eigenvalue weighted by Gasteiger charge is -2.36. The third-order valence-corrected chi connectivity index (χ3v) is 4.34. The number of rotatable bonds is 4. The average molecular weight is 248 g/mol. The Bertz CT molecular complexity index is 444. The van der Waals surface area contributed by atoms with Crippen LogP contribution in [0, 0.1) is 0 Å². The second-order valence-corrected chi connectivity index (χ2v) is 5.65. The highest BCUT2D eigenvalue weighted by molar-refractivity contribution is 5.92. The summed E-state index contributed by atoms with van der Waals surface area (Å²) in [6.07, 6.45) is 8.23. The zero-order valence-corrected chi connectivity index (χ0v) is 10.6. The van der Waals surface area contributed by atoms with Crippen molar-refractivity contribution in [2.45, 2.75) is 50.2 Å². The van der Waals surface area contributed by atoms with Crippen LogP contribution in [-0.2, 0) is 0 Å². The molecule has 4 nitrogen and oxygen atoms in total. The van der Waals surface area contributed by atoms with Crippen molar-refractivity contribution in [3.05, 3.63) is 24.0 Å². The van der Waals surface area contributed by atoms with Gasteiger partial charge in [0.2, 0.25) is 0 Å². The fourth-order valence-corrected chi connectivity index (χ4v) is 2.67. The van der Waals surface area contributed by atoms with Crippen LogP contribution in [0.3, 0.4) is 0 Å². The SMILES string of the molecule is O=C(NCC1(O)CCC1)c1cccn1C1CCC1. The minimum Gasteiger partial charge on any atom is -0.388 e. The Balaban J connectivity index is 1.63. The van der Waals surface area contributed by atoms with Gasteiger partial charge in [0.1, 0.15) is 5.69 Å².